The Morgan fingerprint density at radius 2 is 2.00 bits per heavy atom. The van der Waals surface area contributed by atoms with E-state index in [9.17, 15) is 13.2 Å². The number of aromatic nitrogens is 1. The van der Waals surface area contributed by atoms with Crippen molar-refractivity contribution in [1.29, 1.82) is 0 Å². The summed E-state index contributed by atoms with van der Waals surface area (Å²) in [4.78, 5) is 8.98. The van der Waals surface area contributed by atoms with Crippen LogP contribution in [0.1, 0.15) is 10.4 Å². The Kier molecular flexibility index (Phi) is 8.97. The van der Waals surface area contributed by atoms with Gasteiger partial charge in [-0.2, -0.15) is 13.2 Å². The van der Waals surface area contributed by atoms with Gasteiger partial charge in [-0.15, -0.1) is 35.3 Å². The molecule has 0 atom stereocenters. The lowest BCUT2D eigenvalue weighted by Gasteiger charge is -2.14. The molecule has 0 saturated carbocycles. The predicted molar refractivity (Wildman–Crippen MR) is 106 cm³/mol. The van der Waals surface area contributed by atoms with Crippen LogP contribution in [0.3, 0.4) is 0 Å². The molecule has 0 amide bonds. The topological polar surface area (TPSA) is 61.3 Å². The lowest BCUT2D eigenvalue weighted by atomic mass is 10.2. The molecule has 2 heterocycles. The highest BCUT2D eigenvalue weighted by molar-refractivity contribution is 14.0. The normalized spacial score (nSPS) is 11.6. The molecule has 0 aliphatic heterocycles. The van der Waals surface area contributed by atoms with Crippen LogP contribution >= 0.6 is 35.3 Å². The smallest absolute Gasteiger partial charge is 0.368 e. The van der Waals surface area contributed by atoms with Crippen LogP contribution in [-0.2, 0) is 12.7 Å². The summed E-state index contributed by atoms with van der Waals surface area (Å²) in [6.07, 6.45) is -3.10. The predicted octanol–water partition coefficient (Wildman–Crippen LogP) is 3.56. The highest BCUT2D eigenvalue weighted by Gasteiger charge is 2.33. The van der Waals surface area contributed by atoms with Crippen LogP contribution in [0.2, 0.25) is 0 Å². The maximum absolute atomic E-state index is 12.9. The first-order chi connectivity index (χ1) is 11.5. The Labute approximate surface area is 165 Å². The number of thiophene rings is 1. The van der Waals surface area contributed by atoms with Crippen molar-refractivity contribution in [3.8, 4) is 0 Å². The molecule has 0 radical (unpaired) electrons. The Hall–Kier alpha value is -1.56. The van der Waals surface area contributed by atoms with Gasteiger partial charge in [0.15, 0.2) is 5.96 Å². The number of anilines is 1. The van der Waals surface area contributed by atoms with Gasteiger partial charge in [-0.25, -0.2) is 4.98 Å². The second-order valence-corrected chi connectivity index (χ2v) is 5.79. The molecule has 0 aliphatic rings. The molecule has 0 aliphatic carbocycles. The highest BCUT2D eigenvalue weighted by Crippen LogP contribution is 2.33. The van der Waals surface area contributed by atoms with Gasteiger partial charge in [-0.1, -0.05) is 6.07 Å². The lowest BCUT2D eigenvalue weighted by Crippen LogP contribution is -2.39. The Morgan fingerprint density at radius 3 is 2.64 bits per heavy atom. The van der Waals surface area contributed by atoms with E-state index in [0.717, 1.165) is 6.07 Å². The van der Waals surface area contributed by atoms with Crippen LogP contribution in [0, 0.1) is 0 Å². The number of halogens is 4. The van der Waals surface area contributed by atoms with Crippen LogP contribution in [0.4, 0.5) is 19.0 Å². The standard InChI is InChI=1S/C15H18F3N5S.HI/c1-19-14(23-10-11-4-3-9-24-11)22-8-7-21-13-12(15(16,17)18)5-2-6-20-13;/h2-6,9H,7-8,10H2,1H3,(H,20,21)(H2,19,22,23);1H. The fourth-order valence-electron chi connectivity index (χ4n) is 1.94. The van der Waals surface area contributed by atoms with Crippen LogP contribution in [0.25, 0.3) is 0 Å². The van der Waals surface area contributed by atoms with Crippen molar-refractivity contribution in [2.45, 2.75) is 12.7 Å². The third-order valence-corrected chi connectivity index (χ3v) is 3.93. The summed E-state index contributed by atoms with van der Waals surface area (Å²) in [7, 11) is 1.64. The monoisotopic (exact) mass is 485 g/mol. The van der Waals surface area contributed by atoms with Gasteiger partial charge in [-0.05, 0) is 23.6 Å². The fraction of sp³-hybridized carbons (Fsp3) is 0.333. The molecule has 0 unspecified atom stereocenters. The minimum absolute atomic E-state index is 0. The van der Waals surface area contributed by atoms with E-state index in [1.807, 2.05) is 17.5 Å². The number of hydrogen-bond donors (Lipinski definition) is 3. The van der Waals surface area contributed by atoms with E-state index in [1.54, 1.807) is 18.4 Å². The largest absolute Gasteiger partial charge is 0.419 e. The van der Waals surface area contributed by atoms with Crippen molar-refractivity contribution >= 4 is 47.1 Å². The van der Waals surface area contributed by atoms with E-state index in [2.05, 4.69) is 25.9 Å². The molecule has 0 spiro atoms. The van der Waals surface area contributed by atoms with Gasteiger partial charge < -0.3 is 16.0 Å². The molecular weight excluding hydrogens is 466 g/mol. The zero-order valence-electron chi connectivity index (χ0n) is 13.4. The molecule has 25 heavy (non-hydrogen) atoms. The number of rotatable bonds is 6. The van der Waals surface area contributed by atoms with Gasteiger partial charge in [0.2, 0.25) is 0 Å². The van der Waals surface area contributed by atoms with E-state index >= 15 is 0 Å². The maximum atomic E-state index is 12.9. The van der Waals surface area contributed by atoms with Gasteiger partial charge in [0.05, 0.1) is 12.1 Å². The molecular formula is C15H19F3IN5S. The quantitative estimate of drug-likeness (QED) is 0.254. The zero-order valence-corrected chi connectivity index (χ0v) is 16.6. The van der Waals surface area contributed by atoms with E-state index in [0.29, 0.717) is 19.0 Å². The van der Waals surface area contributed by atoms with Gasteiger partial charge in [-0.3, -0.25) is 4.99 Å². The molecule has 138 valence electrons. The number of alkyl halides is 3. The van der Waals surface area contributed by atoms with Crippen LogP contribution in [-0.4, -0.2) is 31.1 Å². The number of hydrogen-bond acceptors (Lipinski definition) is 4. The Bertz CT molecular complexity index is 661. The summed E-state index contributed by atoms with van der Waals surface area (Å²) >= 11 is 1.63. The first-order valence-corrected chi connectivity index (χ1v) is 8.11. The first-order valence-electron chi connectivity index (χ1n) is 7.23. The summed E-state index contributed by atoms with van der Waals surface area (Å²) in [6, 6.07) is 6.24. The molecule has 3 N–H and O–H groups in total. The van der Waals surface area contributed by atoms with E-state index < -0.39 is 11.7 Å². The fourth-order valence-corrected chi connectivity index (χ4v) is 2.59. The molecule has 2 aromatic heterocycles. The third-order valence-electron chi connectivity index (χ3n) is 3.06. The molecule has 2 rings (SSSR count). The van der Waals surface area contributed by atoms with Crippen molar-refractivity contribution in [1.82, 2.24) is 15.6 Å². The lowest BCUT2D eigenvalue weighted by molar-refractivity contribution is -0.137. The van der Waals surface area contributed by atoms with Crippen LogP contribution in [0.15, 0.2) is 40.8 Å². The second-order valence-electron chi connectivity index (χ2n) is 4.76. The van der Waals surface area contributed by atoms with Crippen molar-refractivity contribution in [2.75, 3.05) is 25.5 Å². The van der Waals surface area contributed by atoms with E-state index in [4.69, 9.17) is 0 Å². The maximum Gasteiger partial charge on any atom is 0.419 e. The molecule has 0 saturated heterocycles. The summed E-state index contributed by atoms with van der Waals surface area (Å²) in [6.45, 7) is 1.32. The minimum atomic E-state index is -4.43. The van der Waals surface area contributed by atoms with Crippen molar-refractivity contribution < 1.29 is 13.2 Å². The highest BCUT2D eigenvalue weighted by atomic mass is 127. The van der Waals surface area contributed by atoms with E-state index in [1.165, 1.54) is 17.1 Å². The van der Waals surface area contributed by atoms with Crippen molar-refractivity contribution in [3.05, 3.63) is 46.3 Å². The van der Waals surface area contributed by atoms with Crippen LogP contribution < -0.4 is 16.0 Å². The SMILES string of the molecule is CN=C(NCCNc1ncccc1C(F)(F)F)NCc1cccs1.I. The number of pyridine rings is 1. The molecule has 0 bridgehead atoms. The molecule has 2 aromatic rings. The van der Waals surface area contributed by atoms with Gasteiger partial charge in [0.1, 0.15) is 5.82 Å². The first kappa shape index (κ1) is 21.5. The van der Waals surface area contributed by atoms with Gasteiger partial charge >= 0.3 is 6.18 Å². The molecule has 10 heteroatoms. The average molecular weight is 485 g/mol. The number of nitrogens with zero attached hydrogens (tertiary/aromatic N) is 2. The Balaban J connectivity index is 0.00000312. The second kappa shape index (κ2) is 10.4. The third kappa shape index (κ3) is 7.06. The van der Waals surface area contributed by atoms with Crippen LogP contribution in [0.5, 0.6) is 0 Å². The van der Waals surface area contributed by atoms with Gasteiger partial charge in [0.25, 0.3) is 0 Å². The van der Waals surface area contributed by atoms with Gasteiger partial charge in [0, 0.05) is 31.2 Å². The molecule has 5 nitrogen and oxygen atoms in total. The summed E-state index contributed by atoms with van der Waals surface area (Å²) in [5.41, 5.74) is -0.773. The Morgan fingerprint density at radius 1 is 1.20 bits per heavy atom. The zero-order chi connectivity index (χ0) is 17.4. The van der Waals surface area contributed by atoms with Crippen molar-refractivity contribution in [2.24, 2.45) is 4.99 Å². The van der Waals surface area contributed by atoms with E-state index in [-0.39, 0.29) is 36.3 Å². The molecule has 0 fully saturated rings. The molecule has 0 aromatic carbocycles. The summed E-state index contributed by atoms with van der Waals surface area (Å²) < 4.78 is 38.6. The number of guanidine groups is 1. The summed E-state index contributed by atoms with van der Waals surface area (Å²) in [5.74, 6) is 0.413. The summed E-state index contributed by atoms with van der Waals surface area (Å²) in [5, 5.41) is 10.8. The minimum Gasteiger partial charge on any atom is -0.368 e. The number of aliphatic imine (C=N–C) groups is 1. The average Bonchev–Trinajstić information content (AvgIpc) is 3.07. The number of nitrogens with one attached hydrogen (secondary N) is 3. The van der Waals surface area contributed by atoms with Crippen molar-refractivity contribution in [3.63, 3.8) is 0 Å².